The molecule has 4 aromatic rings. The van der Waals surface area contributed by atoms with E-state index in [0.29, 0.717) is 53.1 Å². The molecule has 2 aromatic heterocycles. The third kappa shape index (κ3) is 4.86. The standard InChI is InChI=1S/C26H21BrClFN6O3/c1-33(25(36)22-16(28)3-2-4-17(22)29)20-7-6-18-24(23(20)27)32-19(14-30-18)15-5-8-21(31-13-15)34-9-11-35(12-10-34)26(37)38/h2-8,13-14H,9-12H2,1H3,(H,37,38). The number of amides is 2. The van der Waals surface area contributed by atoms with Crippen molar-refractivity contribution in [3.63, 3.8) is 0 Å². The number of rotatable bonds is 4. The monoisotopic (exact) mass is 598 g/mol. The minimum absolute atomic E-state index is 0.0283. The second kappa shape index (κ2) is 10.5. The first-order chi connectivity index (χ1) is 18.2. The van der Waals surface area contributed by atoms with Gasteiger partial charge >= 0.3 is 6.09 Å². The van der Waals surface area contributed by atoms with Gasteiger partial charge in [0.1, 0.15) is 17.2 Å². The molecular weight excluding hydrogens is 579 g/mol. The quantitative estimate of drug-likeness (QED) is 0.339. The van der Waals surface area contributed by atoms with Gasteiger partial charge in [0.15, 0.2) is 0 Å². The Morgan fingerprint density at radius 3 is 2.47 bits per heavy atom. The lowest BCUT2D eigenvalue weighted by Crippen LogP contribution is -2.48. The molecule has 1 aliphatic heterocycles. The predicted molar refractivity (Wildman–Crippen MR) is 146 cm³/mol. The molecule has 12 heteroatoms. The third-order valence-corrected chi connectivity index (χ3v) is 7.49. The first-order valence-corrected chi connectivity index (χ1v) is 12.8. The van der Waals surface area contributed by atoms with Crippen LogP contribution in [0.2, 0.25) is 5.02 Å². The number of nitrogens with zero attached hydrogens (tertiary/aromatic N) is 6. The van der Waals surface area contributed by atoms with Gasteiger partial charge in [0.05, 0.1) is 38.2 Å². The topological polar surface area (TPSA) is 103 Å². The molecule has 1 saturated heterocycles. The molecule has 2 amide bonds. The molecule has 38 heavy (non-hydrogen) atoms. The van der Waals surface area contributed by atoms with E-state index in [1.165, 1.54) is 35.0 Å². The summed E-state index contributed by atoms with van der Waals surface area (Å²) in [7, 11) is 1.53. The molecule has 1 N–H and O–H groups in total. The highest BCUT2D eigenvalue weighted by Gasteiger charge is 2.24. The highest BCUT2D eigenvalue weighted by Crippen LogP contribution is 2.34. The van der Waals surface area contributed by atoms with Gasteiger partial charge in [-0.2, -0.15) is 0 Å². The number of piperazine rings is 1. The molecule has 1 fully saturated rings. The molecule has 0 spiro atoms. The lowest BCUT2D eigenvalue weighted by molar-refractivity contribution is 0.0989. The predicted octanol–water partition coefficient (Wildman–Crippen LogP) is 5.32. The summed E-state index contributed by atoms with van der Waals surface area (Å²) in [6, 6.07) is 11.3. The number of carbonyl (C=O) groups excluding carboxylic acids is 1. The van der Waals surface area contributed by atoms with Crippen molar-refractivity contribution in [3.05, 3.63) is 75.7 Å². The second-order valence-electron chi connectivity index (χ2n) is 8.64. The minimum Gasteiger partial charge on any atom is -0.465 e. The van der Waals surface area contributed by atoms with Crippen molar-refractivity contribution < 1.29 is 19.1 Å². The summed E-state index contributed by atoms with van der Waals surface area (Å²) in [4.78, 5) is 42.8. The zero-order chi connectivity index (χ0) is 27.0. The number of fused-ring (bicyclic) bond motifs is 1. The Balaban J connectivity index is 1.41. The fourth-order valence-corrected chi connectivity index (χ4v) is 5.20. The first-order valence-electron chi connectivity index (χ1n) is 11.6. The van der Waals surface area contributed by atoms with Crippen LogP contribution in [-0.4, -0.2) is 70.2 Å². The summed E-state index contributed by atoms with van der Waals surface area (Å²) >= 11 is 9.66. The number of hydrogen-bond donors (Lipinski definition) is 1. The highest BCUT2D eigenvalue weighted by molar-refractivity contribution is 9.10. The van der Waals surface area contributed by atoms with Crippen molar-refractivity contribution in [2.24, 2.45) is 0 Å². The van der Waals surface area contributed by atoms with E-state index in [2.05, 4.69) is 25.9 Å². The van der Waals surface area contributed by atoms with Gasteiger partial charge in [0.25, 0.3) is 5.91 Å². The lowest BCUT2D eigenvalue weighted by atomic mass is 10.1. The maximum absolute atomic E-state index is 14.4. The Morgan fingerprint density at radius 1 is 1.05 bits per heavy atom. The van der Waals surface area contributed by atoms with Crippen molar-refractivity contribution in [3.8, 4) is 11.3 Å². The van der Waals surface area contributed by atoms with Gasteiger partial charge in [-0.05, 0) is 52.3 Å². The molecule has 5 rings (SSSR count). The molecular formula is C26H21BrClFN6O3. The van der Waals surface area contributed by atoms with Crippen molar-refractivity contribution >= 4 is 62.1 Å². The van der Waals surface area contributed by atoms with Gasteiger partial charge in [-0.25, -0.2) is 19.2 Å². The largest absolute Gasteiger partial charge is 0.465 e. The molecule has 2 aromatic carbocycles. The fraction of sp³-hybridized carbons (Fsp3) is 0.192. The van der Waals surface area contributed by atoms with Gasteiger partial charge in [0, 0.05) is 45.0 Å². The van der Waals surface area contributed by atoms with Crippen LogP contribution in [0.25, 0.3) is 22.3 Å². The molecule has 194 valence electrons. The molecule has 9 nitrogen and oxygen atoms in total. The summed E-state index contributed by atoms with van der Waals surface area (Å²) in [5, 5.41) is 9.17. The summed E-state index contributed by atoms with van der Waals surface area (Å²) in [5.41, 5.74) is 2.72. The Labute approximate surface area is 230 Å². The number of carbonyl (C=O) groups is 2. The minimum atomic E-state index is -0.913. The Kier molecular flexibility index (Phi) is 7.13. The molecule has 1 aliphatic rings. The van der Waals surface area contributed by atoms with Crippen LogP contribution in [-0.2, 0) is 0 Å². The number of anilines is 2. The summed E-state index contributed by atoms with van der Waals surface area (Å²) in [6.07, 6.45) is 2.43. The van der Waals surface area contributed by atoms with Gasteiger partial charge in [-0.15, -0.1) is 0 Å². The van der Waals surface area contributed by atoms with Crippen molar-refractivity contribution in [2.75, 3.05) is 43.0 Å². The van der Waals surface area contributed by atoms with Crippen LogP contribution in [0.3, 0.4) is 0 Å². The maximum Gasteiger partial charge on any atom is 0.407 e. The van der Waals surface area contributed by atoms with Gasteiger partial charge in [-0.3, -0.25) is 9.78 Å². The zero-order valence-corrected chi connectivity index (χ0v) is 22.4. The number of aromatic nitrogens is 3. The SMILES string of the molecule is CN(C(=O)c1c(F)cccc1Cl)c1ccc2ncc(-c3ccc(N4CCN(C(=O)O)CC4)nc3)nc2c1Br. The summed E-state index contributed by atoms with van der Waals surface area (Å²) < 4.78 is 14.9. The van der Waals surface area contributed by atoms with Gasteiger partial charge in [0.2, 0.25) is 0 Å². The highest BCUT2D eigenvalue weighted by atomic mass is 79.9. The van der Waals surface area contributed by atoms with Crippen LogP contribution >= 0.6 is 27.5 Å². The van der Waals surface area contributed by atoms with E-state index >= 15 is 0 Å². The van der Waals surface area contributed by atoms with Crippen LogP contribution in [0.1, 0.15) is 10.4 Å². The van der Waals surface area contributed by atoms with Crippen LogP contribution in [0.4, 0.5) is 20.7 Å². The Morgan fingerprint density at radius 2 is 1.82 bits per heavy atom. The van der Waals surface area contributed by atoms with E-state index in [1.54, 1.807) is 24.5 Å². The molecule has 0 radical (unpaired) electrons. The number of benzene rings is 2. The summed E-state index contributed by atoms with van der Waals surface area (Å²) in [5.74, 6) is -0.544. The molecule has 3 heterocycles. The van der Waals surface area contributed by atoms with Crippen LogP contribution in [0.15, 0.2) is 59.3 Å². The molecule has 0 unspecified atom stereocenters. The van der Waals surface area contributed by atoms with Crippen LogP contribution < -0.4 is 9.80 Å². The van der Waals surface area contributed by atoms with E-state index in [1.807, 2.05) is 17.0 Å². The zero-order valence-electron chi connectivity index (χ0n) is 20.1. The van der Waals surface area contributed by atoms with Crippen LogP contribution in [0.5, 0.6) is 0 Å². The van der Waals surface area contributed by atoms with E-state index < -0.39 is 17.8 Å². The number of pyridine rings is 1. The molecule has 0 bridgehead atoms. The molecule has 0 aliphatic carbocycles. The maximum atomic E-state index is 14.4. The Hall–Kier alpha value is -3.83. The Bertz CT molecular complexity index is 1530. The van der Waals surface area contributed by atoms with Crippen molar-refractivity contribution in [2.45, 2.75) is 0 Å². The van der Waals surface area contributed by atoms with E-state index in [-0.39, 0.29) is 10.6 Å². The smallest absolute Gasteiger partial charge is 0.407 e. The fourth-order valence-electron chi connectivity index (χ4n) is 4.26. The second-order valence-corrected chi connectivity index (χ2v) is 9.84. The van der Waals surface area contributed by atoms with Gasteiger partial charge < -0.3 is 19.8 Å². The number of halogens is 3. The normalized spacial score (nSPS) is 13.6. The van der Waals surface area contributed by atoms with E-state index in [0.717, 1.165) is 11.4 Å². The summed E-state index contributed by atoms with van der Waals surface area (Å²) in [6.45, 7) is 1.97. The third-order valence-electron chi connectivity index (χ3n) is 6.39. The number of carboxylic acid groups (broad SMARTS) is 1. The molecule has 0 atom stereocenters. The van der Waals surface area contributed by atoms with Crippen molar-refractivity contribution in [1.82, 2.24) is 19.9 Å². The lowest BCUT2D eigenvalue weighted by Gasteiger charge is -2.33. The van der Waals surface area contributed by atoms with Gasteiger partial charge in [-0.1, -0.05) is 17.7 Å². The number of hydrogen-bond acceptors (Lipinski definition) is 6. The average Bonchev–Trinajstić information content (AvgIpc) is 2.93. The van der Waals surface area contributed by atoms with Crippen molar-refractivity contribution in [1.29, 1.82) is 0 Å². The van der Waals surface area contributed by atoms with Crippen LogP contribution in [0, 0.1) is 5.82 Å². The molecule has 0 saturated carbocycles. The first kappa shape index (κ1) is 25.8. The average molecular weight is 600 g/mol. The van der Waals surface area contributed by atoms with E-state index in [9.17, 15) is 14.0 Å². The van der Waals surface area contributed by atoms with E-state index in [4.69, 9.17) is 21.7 Å².